The first-order chi connectivity index (χ1) is 9.09. The zero-order valence-corrected chi connectivity index (χ0v) is 11.1. The van der Waals surface area contributed by atoms with Gasteiger partial charge in [0, 0.05) is 11.1 Å². The van der Waals surface area contributed by atoms with Crippen molar-refractivity contribution >= 4 is 49.5 Å². The molecule has 0 amide bonds. The summed E-state index contributed by atoms with van der Waals surface area (Å²) in [5.74, 6) is -1.27. The summed E-state index contributed by atoms with van der Waals surface area (Å²) >= 11 is 0. The second-order valence-corrected chi connectivity index (χ2v) is 4.14. The molecule has 0 aliphatic heterocycles. The first-order valence-electron chi connectivity index (χ1n) is 5.77. The number of nitrogens with two attached hydrogens (primary N) is 1. The van der Waals surface area contributed by atoms with Gasteiger partial charge in [-0.15, -0.1) is 0 Å². The molecule has 0 aliphatic rings. The molecule has 6 nitrogen and oxygen atoms in total. The monoisotopic (exact) mass is 333 g/mol. The van der Waals surface area contributed by atoms with Crippen molar-refractivity contribution in [2.75, 3.05) is 0 Å². The van der Waals surface area contributed by atoms with Crippen LogP contribution in [0.5, 0.6) is 0 Å². The van der Waals surface area contributed by atoms with Gasteiger partial charge in [-0.1, -0.05) is 48.5 Å². The van der Waals surface area contributed by atoms with Crippen molar-refractivity contribution in [2.24, 2.45) is 5.73 Å². The minimum absolute atomic E-state index is 0. The van der Waals surface area contributed by atoms with E-state index in [0.717, 1.165) is 0 Å². The quantitative estimate of drug-likeness (QED) is 0.570. The van der Waals surface area contributed by atoms with Crippen molar-refractivity contribution in [2.45, 2.75) is 6.04 Å². The molecule has 1 unspecified atom stereocenters. The van der Waals surface area contributed by atoms with E-state index in [0.29, 0.717) is 16.7 Å². The average molecular weight is 333 g/mol. The van der Waals surface area contributed by atoms with Gasteiger partial charge in [0.2, 0.25) is 0 Å². The summed E-state index contributed by atoms with van der Waals surface area (Å²) < 4.78 is 0. The Kier molecular flexibility index (Phi) is 10.9. The Morgan fingerprint density at radius 3 is 2.00 bits per heavy atom. The van der Waals surface area contributed by atoms with Gasteiger partial charge < -0.3 is 21.8 Å². The molecule has 7 N–H and O–H groups in total. The molecule has 0 spiro atoms. The summed E-state index contributed by atoms with van der Waals surface area (Å²) in [4.78, 5) is 23.0. The van der Waals surface area contributed by atoms with E-state index in [2.05, 4.69) is 0 Å². The van der Waals surface area contributed by atoms with Crippen LogP contribution >= 0.6 is 0 Å². The molecule has 0 fully saturated rings. The normalized spacial score (nSPS) is 10.2. The molecule has 0 radical (unpaired) electrons. The van der Waals surface area contributed by atoms with E-state index >= 15 is 0 Å². The van der Waals surface area contributed by atoms with Crippen LogP contribution in [0.1, 0.15) is 27.5 Å². The molecular weight excluding hydrogens is 314 g/mol. The molecule has 0 saturated heterocycles. The summed E-state index contributed by atoms with van der Waals surface area (Å²) in [6.07, 6.45) is 0. The van der Waals surface area contributed by atoms with E-state index in [1.165, 1.54) is 6.07 Å². The van der Waals surface area contributed by atoms with Gasteiger partial charge in [0.1, 0.15) is 6.04 Å². The molecule has 7 heteroatoms. The summed E-state index contributed by atoms with van der Waals surface area (Å²) in [6, 6.07) is 14.1. The Bertz CT molecular complexity index is 618. The van der Waals surface area contributed by atoms with Crippen LogP contribution in [0.3, 0.4) is 0 Å². The molecule has 2 rings (SSSR count). The molecule has 0 saturated carbocycles. The second kappa shape index (κ2) is 10.4. The number of hydrogen-bond donors (Lipinski definition) is 2. The molecule has 1 atom stereocenters. The van der Waals surface area contributed by atoms with Crippen molar-refractivity contribution in [1.82, 2.24) is 0 Å². The van der Waals surface area contributed by atoms with Gasteiger partial charge in [0.05, 0.1) is 0 Å². The van der Waals surface area contributed by atoms with Gasteiger partial charge in [-0.2, -0.15) is 0 Å². The number of benzene rings is 2. The second-order valence-electron chi connectivity index (χ2n) is 4.14. The summed E-state index contributed by atoms with van der Waals surface area (Å²) in [6.45, 7) is 0. The van der Waals surface area contributed by atoms with Crippen molar-refractivity contribution in [3.05, 3.63) is 71.3 Å². The Balaban J connectivity index is 0. The van der Waals surface area contributed by atoms with Gasteiger partial charge in [-0.3, -0.25) is 9.59 Å². The number of carbonyl (C=O) groups excluding carboxylic acids is 1. The zero-order valence-electron chi connectivity index (χ0n) is 11.1. The number of carboxylic acids is 1. The van der Waals surface area contributed by atoms with Crippen LogP contribution in [-0.4, -0.2) is 65.5 Å². The SMILES string of the molecule is NC(C(=O)O)c1cccc(C(=O)c2ccccc2)c1.O.O.[CaH2]. The average Bonchev–Trinajstić information content (AvgIpc) is 2.46. The van der Waals surface area contributed by atoms with Crippen molar-refractivity contribution in [1.29, 1.82) is 0 Å². The van der Waals surface area contributed by atoms with E-state index in [4.69, 9.17) is 10.8 Å². The molecule has 2 aromatic carbocycles. The van der Waals surface area contributed by atoms with Crippen LogP contribution in [0.25, 0.3) is 0 Å². The van der Waals surface area contributed by atoms with Crippen molar-refractivity contribution < 1.29 is 25.6 Å². The fourth-order valence-corrected chi connectivity index (χ4v) is 1.77. The molecule has 116 valence electrons. The molecular formula is C15H19CaNO5. The van der Waals surface area contributed by atoms with E-state index in [9.17, 15) is 9.59 Å². The van der Waals surface area contributed by atoms with Gasteiger partial charge in [-0.25, -0.2) is 0 Å². The number of carboxylic acid groups (broad SMARTS) is 1. The van der Waals surface area contributed by atoms with E-state index < -0.39 is 12.0 Å². The Morgan fingerprint density at radius 1 is 0.909 bits per heavy atom. The molecule has 0 heterocycles. The Morgan fingerprint density at radius 2 is 1.45 bits per heavy atom. The fraction of sp³-hybridized carbons (Fsp3) is 0.0667. The third kappa shape index (κ3) is 5.49. The third-order valence-corrected chi connectivity index (χ3v) is 2.81. The molecule has 22 heavy (non-hydrogen) atoms. The molecule has 2 aromatic rings. The maximum absolute atomic E-state index is 12.2. The third-order valence-electron chi connectivity index (χ3n) is 2.81. The van der Waals surface area contributed by atoms with Crippen LogP contribution in [0.15, 0.2) is 54.6 Å². The predicted molar refractivity (Wildman–Crippen MR) is 86.7 cm³/mol. The molecule has 0 bridgehead atoms. The standard InChI is InChI=1S/C15H13NO3.Ca.2H2O.2H/c16-13(15(18)19)11-7-4-8-12(9-11)14(17)10-5-2-1-3-6-10;;;;;/h1-9,13H,16H2,(H,18,19);;2*1H2;;. The van der Waals surface area contributed by atoms with Crippen molar-refractivity contribution in [3.8, 4) is 0 Å². The number of ketones is 1. The topological polar surface area (TPSA) is 143 Å². The number of hydrogen-bond acceptors (Lipinski definition) is 3. The van der Waals surface area contributed by atoms with Gasteiger partial charge in [0.15, 0.2) is 5.78 Å². The zero-order chi connectivity index (χ0) is 13.8. The summed E-state index contributed by atoms with van der Waals surface area (Å²) in [5.41, 5.74) is 6.94. The Labute approximate surface area is 157 Å². The van der Waals surface area contributed by atoms with Gasteiger partial charge in [0.25, 0.3) is 0 Å². The number of carbonyl (C=O) groups is 2. The molecule has 0 aromatic heterocycles. The van der Waals surface area contributed by atoms with Gasteiger partial charge in [-0.05, 0) is 11.6 Å². The number of aliphatic carboxylic acids is 1. The van der Waals surface area contributed by atoms with Crippen LogP contribution in [-0.2, 0) is 4.79 Å². The Hall–Kier alpha value is -1.28. The molecule has 0 aliphatic carbocycles. The maximum atomic E-state index is 12.2. The van der Waals surface area contributed by atoms with Crippen LogP contribution in [0.2, 0.25) is 0 Å². The summed E-state index contributed by atoms with van der Waals surface area (Å²) in [7, 11) is 0. The van der Waals surface area contributed by atoms with Crippen LogP contribution in [0.4, 0.5) is 0 Å². The fourth-order valence-electron chi connectivity index (χ4n) is 1.77. The number of rotatable bonds is 4. The predicted octanol–water partition coefficient (Wildman–Crippen LogP) is -0.564. The van der Waals surface area contributed by atoms with Crippen molar-refractivity contribution in [3.63, 3.8) is 0 Å². The first-order valence-corrected chi connectivity index (χ1v) is 5.77. The van der Waals surface area contributed by atoms with Crippen LogP contribution < -0.4 is 5.73 Å². The first kappa shape index (κ1) is 23.0. The van der Waals surface area contributed by atoms with Crippen LogP contribution in [0, 0.1) is 0 Å². The summed E-state index contributed by atoms with van der Waals surface area (Å²) in [5, 5.41) is 8.87. The van der Waals surface area contributed by atoms with Gasteiger partial charge >= 0.3 is 43.7 Å². The van der Waals surface area contributed by atoms with E-state index in [1.54, 1.807) is 42.5 Å². The van der Waals surface area contributed by atoms with E-state index in [1.807, 2.05) is 6.07 Å². The van der Waals surface area contributed by atoms with E-state index in [-0.39, 0.29) is 54.5 Å². The minimum atomic E-state index is -1.12.